The second-order valence-electron chi connectivity index (χ2n) is 4.15. The molecule has 0 aromatic heterocycles. The van der Waals surface area contributed by atoms with Crippen LogP contribution in [-0.4, -0.2) is 17.6 Å². The van der Waals surface area contributed by atoms with Gasteiger partial charge >= 0.3 is 5.97 Å². The minimum atomic E-state index is -0.821. The quantitative estimate of drug-likeness (QED) is 0.802. The molecule has 0 aliphatic rings. The zero-order chi connectivity index (χ0) is 12.1. The monoisotopic (exact) mass is 221 g/mol. The van der Waals surface area contributed by atoms with Gasteiger partial charge in [0, 0.05) is 0 Å². The van der Waals surface area contributed by atoms with Gasteiger partial charge in [0.1, 0.15) is 6.04 Å². The average molecular weight is 221 g/mol. The van der Waals surface area contributed by atoms with Crippen LogP contribution in [0, 0.1) is 13.8 Å². The summed E-state index contributed by atoms with van der Waals surface area (Å²) in [5.74, 6) is -0.821. The molecule has 0 saturated carbocycles. The number of hydrogen-bond acceptors (Lipinski definition) is 2. The van der Waals surface area contributed by atoms with Gasteiger partial charge in [0.05, 0.1) is 0 Å². The zero-order valence-electron chi connectivity index (χ0n) is 10.1. The lowest BCUT2D eigenvalue weighted by Crippen LogP contribution is -2.29. The van der Waals surface area contributed by atoms with Crippen LogP contribution in [0.5, 0.6) is 0 Å². The molecule has 16 heavy (non-hydrogen) atoms. The topological polar surface area (TPSA) is 49.3 Å². The molecule has 1 aromatic carbocycles. The molecule has 0 bridgehead atoms. The number of hydrogen-bond donors (Lipinski definition) is 2. The maximum absolute atomic E-state index is 11.2. The lowest BCUT2D eigenvalue weighted by molar-refractivity contribution is -0.139. The minimum Gasteiger partial charge on any atom is -0.480 e. The normalized spacial score (nSPS) is 12.4. The highest BCUT2D eigenvalue weighted by atomic mass is 16.4. The van der Waals surface area contributed by atoms with E-state index in [2.05, 4.69) is 5.32 Å². The Morgan fingerprint density at radius 1 is 1.31 bits per heavy atom. The molecule has 0 fully saturated rings. The molecular formula is C13H19NO2. The molecule has 0 spiro atoms. The molecule has 0 heterocycles. The predicted molar refractivity (Wildman–Crippen MR) is 64.6 cm³/mol. The van der Waals surface area contributed by atoms with Crippen LogP contribution in [0.25, 0.3) is 0 Å². The van der Waals surface area contributed by atoms with E-state index in [9.17, 15) is 9.90 Å². The van der Waals surface area contributed by atoms with Gasteiger partial charge in [-0.15, -0.1) is 0 Å². The van der Waals surface area contributed by atoms with E-state index in [0.29, 0.717) is 6.54 Å². The minimum absolute atomic E-state index is 0.599. The lowest BCUT2D eigenvalue weighted by atomic mass is 10.0. The summed E-state index contributed by atoms with van der Waals surface area (Å²) in [5, 5.41) is 12.2. The predicted octanol–water partition coefficient (Wildman–Crippen LogP) is 2.43. The highest BCUT2D eigenvalue weighted by molar-refractivity contribution is 5.75. The molecule has 0 saturated heterocycles. The number of rotatable bonds is 5. The summed E-state index contributed by atoms with van der Waals surface area (Å²) in [6.45, 7) is 6.70. The molecule has 0 radical (unpaired) electrons. The van der Waals surface area contributed by atoms with Crippen molar-refractivity contribution in [1.29, 1.82) is 0 Å². The van der Waals surface area contributed by atoms with E-state index in [4.69, 9.17) is 0 Å². The number of benzene rings is 1. The maximum Gasteiger partial charge on any atom is 0.325 e. The van der Waals surface area contributed by atoms with Gasteiger partial charge in [-0.3, -0.25) is 4.79 Å². The maximum atomic E-state index is 11.2. The molecule has 2 N–H and O–H groups in total. The summed E-state index contributed by atoms with van der Waals surface area (Å²) in [6, 6.07) is 5.30. The van der Waals surface area contributed by atoms with Crippen molar-refractivity contribution in [3.8, 4) is 0 Å². The molecule has 0 aliphatic heterocycles. The van der Waals surface area contributed by atoms with Crippen molar-refractivity contribution >= 4 is 5.97 Å². The Balaban J connectivity index is 2.96. The fourth-order valence-corrected chi connectivity index (χ4v) is 1.81. The second kappa shape index (κ2) is 5.66. The third-order valence-electron chi connectivity index (χ3n) is 2.42. The number of aryl methyl sites for hydroxylation is 2. The Hall–Kier alpha value is -1.35. The van der Waals surface area contributed by atoms with E-state index in [1.54, 1.807) is 0 Å². The summed E-state index contributed by atoms with van der Waals surface area (Å²) in [6.07, 6.45) is 0.925. The Kier molecular flexibility index (Phi) is 4.50. The van der Waals surface area contributed by atoms with Gasteiger partial charge < -0.3 is 10.4 Å². The number of aliphatic carboxylic acids is 1. The largest absolute Gasteiger partial charge is 0.480 e. The third kappa shape index (κ3) is 3.35. The standard InChI is InChI=1S/C13H19NO2/c1-4-5-14-12(13(15)16)11-7-9(2)6-10(3)8-11/h6-8,12,14H,4-5H2,1-3H3,(H,15,16). The van der Waals surface area contributed by atoms with E-state index in [0.717, 1.165) is 23.1 Å². The molecule has 0 aliphatic carbocycles. The van der Waals surface area contributed by atoms with Crippen LogP contribution in [0.3, 0.4) is 0 Å². The first kappa shape index (κ1) is 12.7. The first-order valence-electron chi connectivity index (χ1n) is 5.59. The van der Waals surface area contributed by atoms with E-state index in [1.807, 2.05) is 39.0 Å². The van der Waals surface area contributed by atoms with Crippen LogP contribution in [0.2, 0.25) is 0 Å². The number of nitrogens with one attached hydrogen (secondary N) is 1. The van der Waals surface area contributed by atoms with Crippen molar-refractivity contribution in [2.75, 3.05) is 6.54 Å². The fraction of sp³-hybridized carbons (Fsp3) is 0.462. The SMILES string of the molecule is CCCNC(C(=O)O)c1cc(C)cc(C)c1. The molecule has 1 rings (SSSR count). The van der Waals surface area contributed by atoms with E-state index < -0.39 is 12.0 Å². The van der Waals surface area contributed by atoms with Crippen molar-refractivity contribution in [2.45, 2.75) is 33.2 Å². The van der Waals surface area contributed by atoms with Gasteiger partial charge in [0.25, 0.3) is 0 Å². The van der Waals surface area contributed by atoms with Crippen molar-refractivity contribution in [2.24, 2.45) is 0 Å². The Bertz CT molecular complexity index is 354. The van der Waals surface area contributed by atoms with Crippen molar-refractivity contribution in [3.63, 3.8) is 0 Å². The van der Waals surface area contributed by atoms with Crippen molar-refractivity contribution < 1.29 is 9.90 Å². The van der Waals surface area contributed by atoms with Crippen LogP contribution in [0.15, 0.2) is 18.2 Å². The first-order valence-corrected chi connectivity index (χ1v) is 5.59. The molecule has 0 amide bonds. The van der Waals surface area contributed by atoms with E-state index in [1.165, 1.54) is 0 Å². The van der Waals surface area contributed by atoms with Crippen LogP contribution in [0.1, 0.15) is 36.1 Å². The smallest absolute Gasteiger partial charge is 0.325 e. The zero-order valence-corrected chi connectivity index (χ0v) is 10.1. The lowest BCUT2D eigenvalue weighted by Gasteiger charge is -2.15. The molecular weight excluding hydrogens is 202 g/mol. The highest BCUT2D eigenvalue weighted by Gasteiger charge is 2.18. The van der Waals surface area contributed by atoms with Gasteiger partial charge in [-0.1, -0.05) is 36.2 Å². The van der Waals surface area contributed by atoms with E-state index >= 15 is 0 Å². The van der Waals surface area contributed by atoms with Crippen molar-refractivity contribution in [1.82, 2.24) is 5.32 Å². The summed E-state index contributed by atoms with van der Waals surface area (Å²) < 4.78 is 0. The molecule has 3 heteroatoms. The van der Waals surface area contributed by atoms with Crippen LogP contribution < -0.4 is 5.32 Å². The molecule has 3 nitrogen and oxygen atoms in total. The summed E-state index contributed by atoms with van der Waals surface area (Å²) >= 11 is 0. The van der Waals surface area contributed by atoms with Crippen LogP contribution in [0.4, 0.5) is 0 Å². The first-order chi connectivity index (χ1) is 7.54. The van der Waals surface area contributed by atoms with Gasteiger partial charge in [-0.05, 0) is 32.4 Å². The van der Waals surface area contributed by atoms with Gasteiger partial charge in [-0.2, -0.15) is 0 Å². The second-order valence-corrected chi connectivity index (χ2v) is 4.15. The summed E-state index contributed by atoms with van der Waals surface area (Å²) in [7, 11) is 0. The highest BCUT2D eigenvalue weighted by Crippen LogP contribution is 2.17. The summed E-state index contributed by atoms with van der Waals surface area (Å²) in [4.78, 5) is 11.2. The molecule has 1 atom stereocenters. The summed E-state index contributed by atoms with van der Waals surface area (Å²) in [5.41, 5.74) is 3.03. The molecule has 88 valence electrons. The fourth-order valence-electron chi connectivity index (χ4n) is 1.81. The Morgan fingerprint density at radius 3 is 2.31 bits per heavy atom. The Morgan fingerprint density at radius 2 is 1.88 bits per heavy atom. The van der Waals surface area contributed by atoms with Gasteiger partial charge in [-0.25, -0.2) is 0 Å². The van der Waals surface area contributed by atoms with Crippen LogP contribution >= 0.6 is 0 Å². The molecule has 1 aromatic rings. The third-order valence-corrected chi connectivity index (χ3v) is 2.42. The van der Waals surface area contributed by atoms with Crippen molar-refractivity contribution in [3.05, 3.63) is 34.9 Å². The number of carboxylic acids is 1. The van der Waals surface area contributed by atoms with Gasteiger partial charge in [0.15, 0.2) is 0 Å². The van der Waals surface area contributed by atoms with Crippen LogP contribution in [-0.2, 0) is 4.79 Å². The number of carbonyl (C=O) groups is 1. The average Bonchev–Trinajstić information content (AvgIpc) is 2.16. The van der Waals surface area contributed by atoms with E-state index in [-0.39, 0.29) is 0 Å². The molecule has 1 unspecified atom stereocenters. The Labute approximate surface area is 96.5 Å². The number of carboxylic acid groups (broad SMARTS) is 1. The van der Waals surface area contributed by atoms with Gasteiger partial charge in [0.2, 0.25) is 0 Å².